The van der Waals surface area contributed by atoms with Gasteiger partial charge in [-0.25, -0.2) is 0 Å². The first-order valence-electron chi connectivity index (χ1n) is 7.46. The van der Waals surface area contributed by atoms with E-state index in [9.17, 15) is 0 Å². The van der Waals surface area contributed by atoms with Gasteiger partial charge >= 0.3 is 0 Å². The topological polar surface area (TPSA) is 66.5 Å². The summed E-state index contributed by atoms with van der Waals surface area (Å²) >= 11 is 0. The van der Waals surface area contributed by atoms with E-state index in [0.29, 0.717) is 18.3 Å². The summed E-state index contributed by atoms with van der Waals surface area (Å²) in [5, 5.41) is 17.3. The van der Waals surface area contributed by atoms with E-state index in [4.69, 9.17) is 0 Å². The van der Waals surface area contributed by atoms with Crippen LogP contribution in [0.3, 0.4) is 0 Å². The molecular formula is C17H19N5. The molecule has 0 unspecified atom stereocenters. The number of nitrogens with one attached hydrogen (secondary N) is 2. The van der Waals surface area contributed by atoms with Gasteiger partial charge in [-0.15, -0.1) is 10.2 Å². The Morgan fingerprint density at radius 2 is 1.55 bits per heavy atom. The molecule has 1 aromatic heterocycles. The molecule has 0 aliphatic rings. The first-order chi connectivity index (χ1) is 10.9. The van der Waals surface area contributed by atoms with Crippen LogP contribution < -0.4 is 5.32 Å². The molecule has 5 heteroatoms. The third-order valence-corrected chi connectivity index (χ3v) is 3.69. The second-order valence-corrected chi connectivity index (χ2v) is 5.17. The van der Waals surface area contributed by atoms with Crippen LogP contribution in [-0.2, 0) is 6.54 Å². The molecule has 0 saturated carbocycles. The standard InChI is InChI=1S/C17H19N5/c1-3-7-14(8-4-1)16(15-9-5-2-6-10-15)11-12-18-13-17-19-21-22-20-17/h1-10,16,18H,11-13H2,(H,19,20,21,22). The number of hydrogen-bond donors (Lipinski definition) is 2. The molecule has 2 aromatic carbocycles. The molecule has 0 bridgehead atoms. The number of benzene rings is 2. The van der Waals surface area contributed by atoms with Gasteiger partial charge in [0.25, 0.3) is 0 Å². The summed E-state index contributed by atoms with van der Waals surface area (Å²) < 4.78 is 0. The number of tetrazole rings is 1. The summed E-state index contributed by atoms with van der Waals surface area (Å²) in [5.41, 5.74) is 2.69. The number of rotatable bonds is 7. The van der Waals surface area contributed by atoms with E-state index < -0.39 is 0 Å². The van der Waals surface area contributed by atoms with Gasteiger partial charge in [0.1, 0.15) is 0 Å². The van der Waals surface area contributed by atoms with Gasteiger partial charge in [-0.3, -0.25) is 0 Å². The highest BCUT2D eigenvalue weighted by atomic mass is 15.5. The molecule has 3 aromatic rings. The van der Waals surface area contributed by atoms with E-state index >= 15 is 0 Å². The Morgan fingerprint density at radius 3 is 2.09 bits per heavy atom. The predicted molar refractivity (Wildman–Crippen MR) is 85.2 cm³/mol. The number of hydrogen-bond acceptors (Lipinski definition) is 4. The quantitative estimate of drug-likeness (QED) is 0.657. The Morgan fingerprint density at radius 1 is 0.909 bits per heavy atom. The molecule has 0 fully saturated rings. The second-order valence-electron chi connectivity index (χ2n) is 5.17. The Kier molecular flexibility index (Phi) is 4.89. The highest BCUT2D eigenvalue weighted by Crippen LogP contribution is 2.27. The molecule has 0 saturated heterocycles. The fourth-order valence-electron chi connectivity index (χ4n) is 2.60. The van der Waals surface area contributed by atoms with E-state index in [1.54, 1.807) is 0 Å². The average Bonchev–Trinajstić information content (AvgIpc) is 3.10. The third kappa shape index (κ3) is 3.77. The van der Waals surface area contributed by atoms with Crippen LogP contribution in [0.4, 0.5) is 0 Å². The van der Waals surface area contributed by atoms with Gasteiger partial charge in [-0.05, 0) is 24.1 Å². The van der Waals surface area contributed by atoms with Crippen LogP contribution in [0, 0.1) is 0 Å². The number of H-pyrrole nitrogens is 1. The van der Waals surface area contributed by atoms with Crippen molar-refractivity contribution in [3.05, 3.63) is 77.6 Å². The van der Waals surface area contributed by atoms with Crippen molar-refractivity contribution in [3.63, 3.8) is 0 Å². The number of aromatic nitrogens is 4. The van der Waals surface area contributed by atoms with Crippen molar-refractivity contribution in [2.75, 3.05) is 6.54 Å². The second kappa shape index (κ2) is 7.47. The van der Waals surface area contributed by atoms with Gasteiger partial charge < -0.3 is 5.32 Å². The summed E-state index contributed by atoms with van der Waals surface area (Å²) in [5.74, 6) is 1.08. The smallest absolute Gasteiger partial charge is 0.188 e. The summed E-state index contributed by atoms with van der Waals surface area (Å²) in [7, 11) is 0. The Labute approximate surface area is 129 Å². The monoisotopic (exact) mass is 293 g/mol. The minimum Gasteiger partial charge on any atom is -0.310 e. The molecular weight excluding hydrogens is 274 g/mol. The van der Waals surface area contributed by atoms with Gasteiger partial charge in [0.2, 0.25) is 0 Å². The van der Waals surface area contributed by atoms with Crippen molar-refractivity contribution in [1.82, 2.24) is 25.9 Å². The average molecular weight is 293 g/mol. The van der Waals surface area contributed by atoms with Crippen LogP contribution in [0.15, 0.2) is 60.7 Å². The molecule has 2 N–H and O–H groups in total. The van der Waals surface area contributed by atoms with Gasteiger partial charge in [-0.2, -0.15) is 5.21 Å². The van der Waals surface area contributed by atoms with E-state index in [2.05, 4.69) is 86.6 Å². The third-order valence-electron chi connectivity index (χ3n) is 3.69. The molecule has 0 aliphatic heterocycles. The fourth-order valence-corrected chi connectivity index (χ4v) is 2.60. The number of nitrogens with zero attached hydrogens (tertiary/aromatic N) is 3. The van der Waals surface area contributed by atoms with Crippen molar-refractivity contribution >= 4 is 0 Å². The van der Waals surface area contributed by atoms with Crippen molar-refractivity contribution < 1.29 is 0 Å². The molecule has 0 radical (unpaired) electrons. The van der Waals surface area contributed by atoms with Crippen LogP contribution in [0.2, 0.25) is 0 Å². The first kappa shape index (κ1) is 14.4. The highest BCUT2D eigenvalue weighted by Gasteiger charge is 2.13. The van der Waals surface area contributed by atoms with Gasteiger partial charge in [0.15, 0.2) is 5.82 Å². The van der Waals surface area contributed by atoms with Gasteiger partial charge in [0.05, 0.1) is 6.54 Å². The first-order valence-corrected chi connectivity index (χ1v) is 7.46. The van der Waals surface area contributed by atoms with Gasteiger partial charge in [-0.1, -0.05) is 65.9 Å². The highest BCUT2D eigenvalue weighted by molar-refractivity contribution is 5.32. The maximum absolute atomic E-state index is 3.94. The van der Waals surface area contributed by atoms with Crippen LogP contribution >= 0.6 is 0 Å². The van der Waals surface area contributed by atoms with Crippen molar-refractivity contribution in [1.29, 1.82) is 0 Å². The zero-order valence-electron chi connectivity index (χ0n) is 12.3. The van der Waals surface area contributed by atoms with Crippen molar-refractivity contribution in [3.8, 4) is 0 Å². The van der Waals surface area contributed by atoms with Gasteiger partial charge in [0, 0.05) is 5.92 Å². The molecule has 3 rings (SSSR count). The van der Waals surface area contributed by atoms with E-state index in [-0.39, 0.29) is 0 Å². The zero-order chi connectivity index (χ0) is 15.0. The molecule has 112 valence electrons. The fraction of sp³-hybridized carbons (Fsp3) is 0.235. The maximum Gasteiger partial charge on any atom is 0.188 e. The van der Waals surface area contributed by atoms with E-state index in [0.717, 1.165) is 13.0 Å². The zero-order valence-corrected chi connectivity index (χ0v) is 12.3. The van der Waals surface area contributed by atoms with Crippen LogP contribution in [0.5, 0.6) is 0 Å². The number of aromatic amines is 1. The largest absolute Gasteiger partial charge is 0.310 e. The Balaban J connectivity index is 1.64. The lowest BCUT2D eigenvalue weighted by Crippen LogP contribution is -2.18. The summed E-state index contributed by atoms with van der Waals surface area (Å²) in [6, 6.07) is 21.3. The Bertz CT molecular complexity index is 613. The Hall–Kier alpha value is -2.53. The van der Waals surface area contributed by atoms with Crippen molar-refractivity contribution in [2.24, 2.45) is 0 Å². The van der Waals surface area contributed by atoms with E-state index in [1.165, 1.54) is 11.1 Å². The van der Waals surface area contributed by atoms with Crippen molar-refractivity contribution in [2.45, 2.75) is 18.9 Å². The SMILES string of the molecule is c1ccc(C(CCNCc2nn[nH]n2)c2ccccc2)cc1. The predicted octanol–water partition coefficient (Wildman–Crippen LogP) is 2.51. The van der Waals surface area contributed by atoms with E-state index in [1.807, 2.05) is 0 Å². The molecule has 1 heterocycles. The summed E-state index contributed by atoms with van der Waals surface area (Å²) in [6.07, 6.45) is 1.02. The lowest BCUT2D eigenvalue weighted by molar-refractivity contribution is 0.598. The lowest BCUT2D eigenvalue weighted by atomic mass is 9.88. The molecule has 5 nitrogen and oxygen atoms in total. The maximum atomic E-state index is 3.94. The summed E-state index contributed by atoms with van der Waals surface area (Å²) in [6.45, 7) is 1.52. The lowest BCUT2D eigenvalue weighted by Gasteiger charge is -2.18. The normalized spacial score (nSPS) is 11.0. The molecule has 0 aliphatic carbocycles. The minimum atomic E-state index is 0.389. The molecule has 0 spiro atoms. The molecule has 22 heavy (non-hydrogen) atoms. The van der Waals surface area contributed by atoms with Crippen LogP contribution in [-0.4, -0.2) is 27.2 Å². The molecule has 0 atom stereocenters. The van der Waals surface area contributed by atoms with Crippen LogP contribution in [0.25, 0.3) is 0 Å². The van der Waals surface area contributed by atoms with Crippen LogP contribution in [0.1, 0.15) is 29.3 Å². The summed E-state index contributed by atoms with van der Waals surface area (Å²) in [4.78, 5) is 0. The molecule has 0 amide bonds. The minimum absolute atomic E-state index is 0.389.